The molecule has 0 radical (unpaired) electrons. The Labute approximate surface area is 255 Å². The van der Waals surface area contributed by atoms with E-state index in [0.29, 0.717) is 11.5 Å². The summed E-state index contributed by atoms with van der Waals surface area (Å²) in [5, 5.41) is 0. The van der Waals surface area contributed by atoms with Crippen molar-refractivity contribution in [2.75, 3.05) is 0 Å². The number of rotatable bonds is 10. The van der Waals surface area contributed by atoms with Gasteiger partial charge in [0.25, 0.3) is 0 Å². The van der Waals surface area contributed by atoms with Gasteiger partial charge in [-0.3, -0.25) is 0 Å². The molecule has 0 aromatic heterocycles. The van der Waals surface area contributed by atoms with Gasteiger partial charge in [-0.1, -0.05) is 73.2 Å². The molecule has 0 unspecified atom stereocenters. The minimum absolute atomic E-state index is 0.198. The van der Waals surface area contributed by atoms with Gasteiger partial charge in [0.05, 0.1) is 0 Å². The summed E-state index contributed by atoms with van der Waals surface area (Å²) in [6.07, 6.45) is 0. The number of esters is 2. The number of hydrogen-bond acceptors (Lipinski definition) is 6. The topological polar surface area (TPSA) is 71.1 Å². The molecule has 3 rings (SSSR count). The second kappa shape index (κ2) is 16.0. The zero-order chi connectivity index (χ0) is 31.9. The molecule has 0 heterocycles. The van der Waals surface area contributed by atoms with Crippen molar-refractivity contribution in [3.8, 4) is 33.8 Å². The Morgan fingerprint density at radius 2 is 0.864 bits per heavy atom. The number of carbonyl (C=O) groups excluding carboxylic acids is 2. The molecule has 6 nitrogen and oxygen atoms in total. The van der Waals surface area contributed by atoms with Gasteiger partial charge in [-0.2, -0.15) is 0 Å². The van der Waals surface area contributed by atoms with Gasteiger partial charge in [-0.15, -0.1) is 0 Å². The maximum atomic E-state index is 12.0. The molecule has 0 amide bonds. The molecule has 0 aliphatic heterocycles. The third-order valence-corrected chi connectivity index (χ3v) is 5.38. The third kappa shape index (κ3) is 9.79. The first-order valence-electron chi connectivity index (χ1n) is 12.9. The SMILES string of the molecule is C=C=C=C=C=C=C(OC(=O)C(=C)C)Oc1ccc(-c2ccc(-c3ccc(OC(=C=C=C=C)OC(=O)C(=C)C)cc3)cc2)cc1. The third-order valence-electron chi connectivity index (χ3n) is 5.38. The van der Waals surface area contributed by atoms with E-state index in [4.69, 9.17) is 18.9 Å². The summed E-state index contributed by atoms with van der Waals surface area (Å²) in [5.74, 6) is -0.898. The predicted octanol–water partition coefficient (Wildman–Crippen LogP) is 8.20. The Bertz CT molecular complexity index is 1920. The molecule has 3 aromatic carbocycles. The van der Waals surface area contributed by atoms with Crippen LogP contribution < -0.4 is 9.47 Å². The lowest BCUT2D eigenvalue weighted by Crippen LogP contribution is -2.08. The van der Waals surface area contributed by atoms with Gasteiger partial charge in [-0.05, 0) is 96.4 Å². The highest BCUT2D eigenvalue weighted by Gasteiger charge is 2.12. The summed E-state index contributed by atoms with van der Waals surface area (Å²) < 4.78 is 21.6. The fraction of sp³-hybridized carbons (Fsp3) is 0.0526. The first kappa shape index (κ1) is 31.9. The largest absolute Gasteiger partial charge is 0.419 e. The van der Waals surface area contributed by atoms with E-state index >= 15 is 0 Å². The minimum Gasteiger partial charge on any atom is -0.419 e. The van der Waals surface area contributed by atoms with E-state index in [-0.39, 0.29) is 23.0 Å². The van der Waals surface area contributed by atoms with Gasteiger partial charge in [0.1, 0.15) is 11.5 Å². The van der Waals surface area contributed by atoms with Gasteiger partial charge in [0, 0.05) is 22.6 Å². The summed E-state index contributed by atoms with van der Waals surface area (Å²) in [5.41, 5.74) is 24.1. The van der Waals surface area contributed by atoms with Crippen molar-refractivity contribution in [3.63, 3.8) is 0 Å². The first-order valence-corrected chi connectivity index (χ1v) is 12.9. The lowest BCUT2D eigenvalue weighted by molar-refractivity contribution is -0.139. The number of hydrogen-bond donors (Lipinski definition) is 0. The van der Waals surface area contributed by atoms with Crippen LogP contribution in [-0.2, 0) is 19.1 Å². The Hall–Kier alpha value is -6.60. The molecule has 0 aliphatic rings. The van der Waals surface area contributed by atoms with E-state index in [2.05, 4.69) is 72.2 Å². The van der Waals surface area contributed by atoms with Crippen LogP contribution >= 0.6 is 0 Å². The first-order chi connectivity index (χ1) is 21.2. The highest BCUT2D eigenvalue weighted by molar-refractivity contribution is 5.88. The summed E-state index contributed by atoms with van der Waals surface area (Å²) in [6, 6.07) is 22.4. The van der Waals surface area contributed by atoms with Crippen LogP contribution in [0.2, 0.25) is 0 Å². The maximum absolute atomic E-state index is 12.0. The zero-order valence-electron chi connectivity index (χ0n) is 24.2. The van der Waals surface area contributed by atoms with Crippen molar-refractivity contribution in [2.24, 2.45) is 0 Å². The average molecular weight is 579 g/mol. The van der Waals surface area contributed by atoms with Crippen molar-refractivity contribution in [1.82, 2.24) is 0 Å². The van der Waals surface area contributed by atoms with E-state index in [1.54, 1.807) is 24.3 Å². The number of ether oxygens (including phenoxy) is 4. The van der Waals surface area contributed by atoms with Crippen LogP contribution in [0, 0.1) is 0 Å². The Morgan fingerprint density at radius 1 is 0.523 bits per heavy atom. The standard InChI is InChI=1S/C38H26O6/c1-7-9-11-12-14-36(44-38(40)28(5)6)42-34-25-21-32(22-26-34)30-17-15-29(16-18-30)31-19-23-33(24-20-31)41-35(13-10-8-2)43-37(39)27(3)4/h15-26H,1-3,5H2,4,6H3. The van der Waals surface area contributed by atoms with E-state index in [1.807, 2.05) is 48.5 Å². The molecule has 44 heavy (non-hydrogen) atoms. The highest BCUT2D eigenvalue weighted by atomic mass is 16.7. The smallest absolute Gasteiger partial charge is 0.350 e. The summed E-state index contributed by atoms with van der Waals surface area (Å²) in [6.45, 7) is 16.9. The molecular formula is C38H26O6. The Morgan fingerprint density at radius 3 is 1.20 bits per heavy atom. The maximum Gasteiger partial charge on any atom is 0.350 e. The van der Waals surface area contributed by atoms with Gasteiger partial charge in [-0.25, -0.2) is 9.59 Å². The van der Waals surface area contributed by atoms with E-state index in [1.165, 1.54) is 13.8 Å². The minimum atomic E-state index is -0.666. The number of carbonyl (C=O) groups is 2. The second-order valence-corrected chi connectivity index (χ2v) is 8.85. The van der Waals surface area contributed by atoms with Gasteiger partial charge in [0.2, 0.25) is 0 Å². The van der Waals surface area contributed by atoms with E-state index in [0.717, 1.165) is 22.3 Å². The molecule has 6 heteroatoms. The van der Waals surface area contributed by atoms with E-state index in [9.17, 15) is 9.59 Å². The highest BCUT2D eigenvalue weighted by Crippen LogP contribution is 2.28. The molecule has 3 aromatic rings. The van der Waals surface area contributed by atoms with Crippen molar-refractivity contribution in [2.45, 2.75) is 13.8 Å². The number of benzene rings is 3. The van der Waals surface area contributed by atoms with Gasteiger partial charge < -0.3 is 18.9 Å². The lowest BCUT2D eigenvalue weighted by atomic mass is 10.0. The Balaban J connectivity index is 1.75. The van der Waals surface area contributed by atoms with Crippen molar-refractivity contribution in [3.05, 3.63) is 168 Å². The molecule has 0 spiro atoms. The molecule has 0 N–H and O–H groups in total. The molecule has 0 atom stereocenters. The van der Waals surface area contributed by atoms with Crippen molar-refractivity contribution < 1.29 is 28.5 Å². The normalized spacial score (nSPS) is 8.95. The molecule has 0 bridgehead atoms. The average Bonchev–Trinajstić information content (AvgIpc) is 3.02. The van der Waals surface area contributed by atoms with Crippen molar-refractivity contribution >= 4 is 11.9 Å². The van der Waals surface area contributed by atoms with Crippen LogP contribution in [0.4, 0.5) is 0 Å². The molecule has 0 aliphatic carbocycles. The second-order valence-electron chi connectivity index (χ2n) is 8.85. The van der Waals surface area contributed by atoms with Crippen LogP contribution in [0.5, 0.6) is 11.5 Å². The summed E-state index contributed by atoms with van der Waals surface area (Å²) >= 11 is 0. The van der Waals surface area contributed by atoms with E-state index < -0.39 is 11.9 Å². The quantitative estimate of drug-likeness (QED) is 0.105. The van der Waals surface area contributed by atoms with Crippen LogP contribution in [0.25, 0.3) is 22.3 Å². The fourth-order valence-electron chi connectivity index (χ4n) is 3.24. The monoisotopic (exact) mass is 578 g/mol. The zero-order valence-corrected chi connectivity index (χ0v) is 24.2. The predicted molar refractivity (Wildman–Crippen MR) is 167 cm³/mol. The molecular weight excluding hydrogens is 552 g/mol. The van der Waals surface area contributed by atoms with Crippen molar-refractivity contribution in [1.29, 1.82) is 0 Å². The molecule has 0 fully saturated rings. The summed E-state index contributed by atoms with van der Waals surface area (Å²) in [7, 11) is 0. The van der Waals surface area contributed by atoms with Gasteiger partial charge in [0.15, 0.2) is 0 Å². The fourth-order valence-corrected chi connectivity index (χ4v) is 3.24. The Kier molecular flexibility index (Phi) is 11.6. The van der Waals surface area contributed by atoms with Crippen LogP contribution in [-0.4, -0.2) is 11.9 Å². The summed E-state index contributed by atoms with van der Waals surface area (Å²) in [4.78, 5) is 23.8. The molecule has 0 saturated heterocycles. The van der Waals surface area contributed by atoms with Crippen LogP contribution in [0.1, 0.15) is 13.8 Å². The molecule has 214 valence electrons. The van der Waals surface area contributed by atoms with Crippen LogP contribution in [0.15, 0.2) is 168 Å². The van der Waals surface area contributed by atoms with Crippen LogP contribution in [0.3, 0.4) is 0 Å². The lowest BCUT2D eigenvalue weighted by Gasteiger charge is -2.10. The molecule has 0 saturated carbocycles. The van der Waals surface area contributed by atoms with Gasteiger partial charge >= 0.3 is 23.8 Å².